The zero-order valence-corrected chi connectivity index (χ0v) is 13.3. The third-order valence-corrected chi connectivity index (χ3v) is 4.31. The van der Waals surface area contributed by atoms with Crippen molar-refractivity contribution in [1.29, 1.82) is 0 Å². The van der Waals surface area contributed by atoms with E-state index >= 15 is 0 Å². The average molecular weight is 304 g/mol. The zero-order chi connectivity index (χ0) is 15.7. The maximum atomic E-state index is 12.4. The number of nitrogens with zero attached hydrogens (tertiary/aromatic N) is 3. The molecule has 2 amide bonds. The lowest BCUT2D eigenvalue weighted by molar-refractivity contribution is -0.135. The Labute approximate surface area is 130 Å². The molecule has 1 unspecified atom stereocenters. The van der Waals surface area contributed by atoms with Gasteiger partial charge in [-0.3, -0.25) is 14.3 Å². The van der Waals surface area contributed by atoms with Gasteiger partial charge in [0, 0.05) is 18.7 Å². The lowest BCUT2D eigenvalue weighted by atomic mass is 10.1. The van der Waals surface area contributed by atoms with Gasteiger partial charge in [-0.15, -0.1) is 0 Å². The second-order valence-electron chi connectivity index (χ2n) is 6.77. The minimum absolute atomic E-state index is 0.0196. The minimum Gasteiger partial charge on any atom is -0.351 e. The van der Waals surface area contributed by atoms with Crippen LogP contribution in [-0.2, 0) is 16.1 Å². The van der Waals surface area contributed by atoms with E-state index in [-0.39, 0.29) is 11.8 Å². The molecule has 6 heteroatoms. The summed E-state index contributed by atoms with van der Waals surface area (Å²) in [6.45, 7) is 5.20. The molecule has 1 fully saturated rings. The Morgan fingerprint density at radius 1 is 1.41 bits per heavy atom. The average Bonchev–Trinajstić information content (AvgIpc) is 3.16. The van der Waals surface area contributed by atoms with E-state index in [1.54, 1.807) is 15.8 Å². The third kappa shape index (κ3) is 3.31. The molecule has 0 saturated heterocycles. The van der Waals surface area contributed by atoms with E-state index in [0.717, 1.165) is 25.0 Å². The summed E-state index contributed by atoms with van der Waals surface area (Å²) >= 11 is 0. The smallest absolute Gasteiger partial charge is 0.246 e. The molecular weight excluding hydrogens is 280 g/mol. The van der Waals surface area contributed by atoms with E-state index in [4.69, 9.17) is 0 Å². The second kappa shape index (κ2) is 6.10. The maximum absolute atomic E-state index is 12.4. The van der Waals surface area contributed by atoms with Crippen molar-refractivity contribution in [1.82, 2.24) is 20.0 Å². The van der Waals surface area contributed by atoms with Gasteiger partial charge >= 0.3 is 0 Å². The minimum atomic E-state index is -0.401. The van der Waals surface area contributed by atoms with Gasteiger partial charge in [0.2, 0.25) is 11.8 Å². The summed E-state index contributed by atoms with van der Waals surface area (Å²) in [6, 6.07) is 1.81. The summed E-state index contributed by atoms with van der Waals surface area (Å²) in [5.74, 6) is 0.618. The van der Waals surface area contributed by atoms with Crippen LogP contribution in [0, 0.1) is 5.92 Å². The van der Waals surface area contributed by atoms with Crippen LogP contribution >= 0.6 is 0 Å². The normalized spacial score (nSPS) is 20.9. The first-order chi connectivity index (χ1) is 10.5. The molecule has 1 atom stereocenters. The highest BCUT2D eigenvalue weighted by Crippen LogP contribution is 2.24. The highest BCUT2D eigenvalue weighted by atomic mass is 16.2. The van der Waals surface area contributed by atoms with Crippen molar-refractivity contribution >= 4 is 11.8 Å². The van der Waals surface area contributed by atoms with Crippen LogP contribution < -0.4 is 5.32 Å². The van der Waals surface area contributed by atoms with Crippen LogP contribution in [0.5, 0.6) is 0 Å². The van der Waals surface area contributed by atoms with E-state index in [1.165, 1.54) is 0 Å². The summed E-state index contributed by atoms with van der Waals surface area (Å²) in [7, 11) is 0. The fourth-order valence-electron chi connectivity index (χ4n) is 2.77. The van der Waals surface area contributed by atoms with Crippen LogP contribution in [0.2, 0.25) is 0 Å². The first-order valence-corrected chi connectivity index (χ1v) is 8.15. The van der Waals surface area contributed by atoms with Gasteiger partial charge < -0.3 is 10.2 Å². The molecule has 0 aromatic carbocycles. The van der Waals surface area contributed by atoms with E-state index < -0.39 is 6.04 Å². The number of hydrogen-bond acceptors (Lipinski definition) is 3. The lowest BCUT2D eigenvalue weighted by Gasteiger charge is -2.33. The number of hydrogen-bond donors (Lipinski definition) is 1. The molecule has 22 heavy (non-hydrogen) atoms. The van der Waals surface area contributed by atoms with Crippen molar-refractivity contribution < 1.29 is 9.59 Å². The molecule has 2 heterocycles. The number of amides is 2. The summed E-state index contributed by atoms with van der Waals surface area (Å²) in [5.41, 5.74) is 0.931. The number of nitrogens with one attached hydrogen (secondary N) is 1. The highest BCUT2D eigenvalue weighted by molar-refractivity contribution is 5.83. The monoisotopic (exact) mass is 304 g/mol. The van der Waals surface area contributed by atoms with E-state index in [1.807, 2.05) is 6.07 Å². The molecular formula is C16H24N4O2. The van der Waals surface area contributed by atoms with Gasteiger partial charge in [-0.05, 0) is 31.2 Å². The SMILES string of the molecule is CC(C)CCC(=O)N1Cc2ccnn2C(C(=O)NC2CC2)C1. The summed E-state index contributed by atoms with van der Waals surface area (Å²) in [4.78, 5) is 26.6. The van der Waals surface area contributed by atoms with Crippen LogP contribution in [-0.4, -0.2) is 39.1 Å². The van der Waals surface area contributed by atoms with Gasteiger partial charge in [0.25, 0.3) is 0 Å². The molecule has 120 valence electrons. The van der Waals surface area contributed by atoms with Gasteiger partial charge in [0.05, 0.1) is 18.8 Å². The second-order valence-corrected chi connectivity index (χ2v) is 6.77. The molecule has 6 nitrogen and oxygen atoms in total. The molecule has 0 radical (unpaired) electrons. The van der Waals surface area contributed by atoms with Crippen LogP contribution in [0.25, 0.3) is 0 Å². The third-order valence-electron chi connectivity index (χ3n) is 4.31. The quantitative estimate of drug-likeness (QED) is 0.896. The Morgan fingerprint density at radius 3 is 2.86 bits per heavy atom. The van der Waals surface area contributed by atoms with Crippen molar-refractivity contribution in [2.45, 2.75) is 58.2 Å². The topological polar surface area (TPSA) is 67.2 Å². The molecule has 2 aliphatic rings. The number of aromatic nitrogens is 2. The Hall–Kier alpha value is -1.85. The number of carbonyl (C=O) groups excluding carboxylic acids is 2. The number of rotatable bonds is 5. The van der Waals surface area contributed by atoms with Crippen molar-refractivity contribution in [2.24, 2.45) is 5.92 Å². The summed E-state index contributed by atoms with van der Waals surface area (Å²) in [5, 5.41) is 7.30. The molecule has 1 N–H and O–H groups in total. The number of fused-ring (bicyclic) bond motifs is 1. The van der Waals surface area contributed by atoms with Crippen molar-refractivity contribution in [3.63, 3.8) is 0 Å². The summed E-state index contributed by atoms with van der Waals surface area (Å²) < 4.78 is 1.77. The van der Waals surface area contributed by atoms with Gasteiger partial charge in [-0.25, -0.2) is 0 Å². The molecule has 1 aliphatic heterocycles. The van der Waals surface area contributed by atoms with E-state index in [0.29, 0.717) is 31.5 Å². The van der Waals surface area contributed by atoms with E-state index in [9.17, 15) is 9.59 Å². The molecule has 3 rings (SSSR count). The van der Waals surface area contributed by atoms with E-state index in [2.05, 4.69) is 24.3 Å². The van der Waals surface area contributed by atoms with Crippen LogP contribution in [0.15, 0.2) is 12.3 Å². The van der Waals surface area contributed by atoms with Crippen molar-refractivity contribution in [2.75, 3.05) is 6.54 Å². The van der Waals surface area contributed by atoms with Crippen LogP contribution in [0.4, 0.5) is 0 Å². The molecule has 1 aliphatic carbocycles. The summed E-state index contributed by atoms with van der Waals surface area (Å²) in [6.07, 6.45) is 5.24. The Balaban J connectivity index is 1.70. The van der Waals surface area contributed by atoms with Gasteiger partial charge in [-0.1, -0.05) is 13.8 Å². The molecule has 0 bridgehead atoms. The van der Waals surface area contributed by atoms with Crippen LogP contribution in [0.1, 0.15) is 51.3 Å². The molecule has 0 spiro atoms. The largest absolute Gasteiger partial charge is 0.351 e. The first kappa shape index (κ1) is 15.1. The van der Waals surface area contributed by atoms with Crippen LogP contribution in [0.3, 0.4) is 0 Å². The number of carbonyl (C=O) groups is 2. The van der Waals surface area contributed by atoms with Crippen molar-refractivity contribution in [3.05, 3.63) is 18.0 Å². The zero-order valence-electron chi connectivity index (χ0n) is 13.3. The van der Waals surface area contributed by atoms with Gasteiger partial charge in [0.1, 0.15) is 6.04 Å². The predicted molar refractivity (Wildman–Crippen MR) is 81.9 cm³/mol. The molecule has 1 aromatic heterocycles. The fourth-order valence-corrected chi connectivity index (χ4v) is 2.77. The Morgan fingerprint density at radius 2 is 2.18 bits per heavy atom. The van der Waals surface area contributed by atoms with Gasteiger partial charge in [0.15, 0.2) is 0 Å². The predicted octanol–water partition coefficient (Wildman–Crippen LogP) is 1.48. The first-order valence-electron chi connectivity index (χ1n) is 8.15. The maximum Gasteiger partial charge on any atom is 0.246 e. The Kier molecular flexibility index (Phi) is 4.18. The highest BCUT2D eigenvalue weighted by Gasteiger charge is 2.35. The van der Waals surface area contributed by atoms with Crippen molar-refractivity contribution in [3.8, 4) is 0 Å². The van der Waals surface area contributed by atoms with Gasteiger partial charge in [-0.2, -0.15) is 5.10 Å². The molecule has 1 saturated carbocycles. The molecule has 1 aromatic rings. The lowest BCUT2D eigenvalue weighted by Crippen LogP contribution is -2.47. The Bertz CT molecular complexity index is 562. The fraction of sp³-hybridized carbons (Fsp3) is 0.688. The standard InChI is InChI=1S/C16H24N4O2/c1-11(2)3-6-15(21)19-9-13-7-8-17-20(13)14(10-19)16(22)18-12-4-5-12/h7-8,11-12,14H,3-6,9-10H2,1-2H3,(H,18,22).